The average molecular weight is 460 g/mol. The van der Waals surface area contributed by atoms with Crippen LogP contribution in [0.5, 0.6) is 0 Å². The number of benzene rings is 2. The van der Waals surface area contributed by atoms with Gasteiger partial charge in [-0.3, -0.25) is 9.89 Å². The third kappa shape index (κ3) is 4.05. The quantitative estimate of drug-likeness (QED) is 0.617. The van der Waals surface area contributed by atoms with E-state index in [1.54, 1.807) is 30.3 Å². The molecule has 5 rings (SSSR count). The van der Waals surface area contributed by atoms with E-state index in [4.69, 9.17) is 27.9 Å². The van der Waals surface area contributed by atoms with Crippen LogP contribution in [0.3, 0.4) is 0 Å². The standard InChI is InChI=1S/C21H19Cl2N5O3/c22-14-3-12(4-15(23)6-14)9-31-20(30)24-16-7-21(8-16)10-28(11-21)19(29)13-1-2-17-18(5-13)26-27-25-17/h1-6,16H,7-11H2,(H,24,30)(H,25,26,27). The van der Waals surface area contributed by atoms with Crippen molar-refractivity contribution in [2.45, 2.75) is 25.5 Å². The molecule has 10 heteroatoms. The highest BCUT2D eigenvalue weighted by atomic mass is 35.5. The van der Waals surface area contributed by atoms with E-state index in [9.17, 15) is 9.59 Å². The Labute approximate surface area is 187 Å². The molecule has 2 N–H and O–H groups in total. The van der Waals surface area contributed by atoms with E-state index in [0.29, 0.717) is 34.2 Å². The van der Waals surface area contributed by atoms with Crippen molar-refractivity contribution in [3.63, 3.8) is 0 Å². The average Bonchev–Trinajstić information content (AvgIpc) is 3.13. The molecule has 0 unspecified atom stereocenters. The van der Waals surface area contributed by atoms with E-state index >= 15 is 0 Å². The Balaban J connectivity index is 1.07. The minimum Gasteiger partial charge on any atom is -0.445 e. The second kappa shape index (κ2) is 7.69. The van der Waals surface area contributed by atoms with Crippen LogP contribution < -0.4 is 5.32 Å². The summed E-state index contributed by atoms with van der Waals surface area (Å²) in [5.74, 6) is -0.00785. The van der Waals surface area contributed by atoms with Gasteiger partial charge in [0.1, 0.15) is 12.1 Å². The number of amides is 2. The summed E-state index contributed by atoms with van der Waals surface area (Å²) in [5.41, 5.74) is 2.90. The first kappa shape index (κ1) is 20.1. The number of aromatic amines is 1. The van der Waals surface area contributed by atoms with Crippen LogP contribution in [-0.4, -0.2) is 51.4 Å². The molecule has 1 aliphatic carbocycles. The Hall–Kier alpha value is -2.84. The molecule has 160 valence electrons. The van der Waals surface area contributed by atoms with Crippen LogP contribution in [-0.2, 0) is 11.3 Å². The van der Waals surface area contributed by atoms with Gasteiger partial charge in [0, 0.05) is 40.2 Å². The molecule has 2 aliphatic rings. The van der Waals surface area contributed by atoms with Crippen LogP contribution in [0.2, 0.25) is 10.0 Å². The predicted octanol–water partition coefficient (Wildman–Crippen LogP) is 3.80. The molecule has 1 saturated heterocycles. The Morgan fingerprint density at radius 2 is 1.90 bits per heavy atom. The molecule has 1 saturated carbocycles. The Morgan fingerprint density at radius 1 is 1.16 bits per heavy atom. The lowest BCUT2D eigenvalue weighted by Gasteiger charge is -2.58. The van der Waals surface area contributed by atoms with Crippen LogP contribution in [0.25, 0.3) is 11.0 Å². The summed E-state index contributed by atoms with van der Waals surface area (Å²) in [6.45, 7) is 1.48. The first-order valence-electron chi connectivity index (χ1n) is 9.88. The van der Waals surface area contributed by atoms with Gasteiger partial charge in [0.05, 0.1) is 5.52 Å². The molecule has 2 fully saturated rings. The Kier molecular flexibility index (Phi) is 4.98. The van der Waals surface area contributed by atoms with Crippen molar-refractivity contribution in [1.29, 1.82) is 0 Å². The molecule has 1 spiro atoms. The zero-order chi connectivity index (χ0) is 21.6. The van der Waals surface area contributed by atoms with E-state index in [0.717, 1.165) is 23.9 Å². The molecule has 0 atom stereocenters. The fourth-order valence-electron chi connectivity index (χ4n) is 4.46. The number of hydrogen-bond donors (Lipinski definition) is 2. The van der Waals surface area contributed by atoms with E-state index < -0.39 is 6.09 Å². The summed E-state index contributed by atoms with van der Waals surface area (Å²) in [4.78, 5) is 26.6. The number of fused-ring (bicyclic) bond motifs is 1. The normalized spacial score (nSPS) is 17.3. The molecule has 2 aromatic carbocycles. The number of nitrogens with zero attached hydrogens (tertiary/aromatic N) is 3. The molecular weight excluding hydrogens is 441 g/mol. The highest BCUT2D eigenvalue weighted by molar-refractivity contribution is 6.34. The summed E-state index contributed by atoms with van der Waals surface area (Å²) in [6, 6.07) is 10.4. The van der Waals surface area contributed by atoms with E-state index in [-0.39, 0.29) is 24.0 Å². The van der Waals surface area contributed by atoms with Gasteiger partial charge in [-0.05, 0) is 54.8 Å². The smallest absolute Gasteiger partial charge is 0.407 e. The molecule has 8 nitrogen and oxygen atoms in total. The van der Waals surface area contributed by atoms with Crippen LogP contribution in [0.15, 0.2) is 36.4 Å². The van der Waals surface area contributed by atoms with Crippen LogP contribution in [0.4, 0.5) is 4.79 Å². The van der Waals surface area contributed by atoms with Gasteiger partial charge in [0.25, 0.3) is 5.91 Å². The summed E-state index contributed by atoms with van der Waals surface area (Å²) in [7, 11) is 0. The van der Waals surface area contributed by atoms with Crippen LogP contribution >= 0.6 is 23.2 Å². The molecule has 0 bridgehead atoms. The third-order valence-electron chi connectivity index (χ3n) is 5.89. The van der Waals surface area contributed by atoms with Crippen molar-refractivity contribution in [1.82, 2.24) is 25.6 Å². The highest BCUT2D eigenvalue weighted by Crippen LogP contribution is 2.48. The van der Waals surface area contributed by atoms with Gasteiger partial charge in [-0.2, -0.15) is 0 Å². The van der Waals surface area contributed by atoms with Gasteiger partial charge in [-0.25, -0.2) is 4.79 Å². The van der Waals surface area contributed by atoms with Crippen molar-refractivity contribution in [3.8, 4) is 0 Å². The summed E-state index contributed by atoms with van der Waals surface area (Å²) >= 11 is 11.9. The second-order valence-corrected chi connectivity index (χ2v) is 9.18. The molecule has 2 heterocycles. The maximum atomic E-state index is 12.7. The Morgan fingerprint density at radius 3 is 2.65 bits per heavy atom. The lowest BCUT2D eigenvalue weighted by Crippen LogP contribution is -2.67. The SMILES string of the molecule is O=C(NC1CC2(C1)CN(C(=O)c1ccc3[nH]nnc3c1)C2)OCc1cc(Cl)cc(Cl)c1. The number of hydrogen-bond acceptors (Lipinski definition) is 5. The van der Waals surface area contributed by atoms with Gasteiger partial charge in [-0.1, -0.05) is 28.4 Å². The number of carbonyl (C=O) groups excluding carboxylic acids is 2. The number of likely N-dealkylation sites (tertiary alicyclic amines) is 1. The van der Waals surface area contributed by atoms with Crippen molar-refractivity contribution in [2.24, 2.45) is 5.41 Å². The minimum atomic E-state index is -0.468. The molecule has 1 aliphatic heterocycles. The number of rotatable bonds is 4. The van der Waals surface area contributed by atoms with Crippen molar-refractivity contribution in [2.75, 3.05) is 13.1 Å². The zero-order valence-corrected chi connectivity index (χ0v) is 17.9. The predicted molar refractivity (Wildman–Crippen MR) is 115 cm³/mol. The summed E-state index contributed by atoms with van der Waals surface area (Å²) < 4.78 is 5.26. The molecule has 1 aromatic heterocycles. The Bertz CT molecular complexity index is 1150. The van der Waals surface area contributed by atoms with E-state index in [1.165, 1.54) is 0 Å². The summed E-state index contributed by atoms with van der Waals surface area (Å²) in [5, 5.41) is 14.4. The van der Waals surface area contributed by atoms with Crippen molar-refractivity contribution < 1.29 is 14.3 Å². The monoisotopic (exact) mass is 459 g/mol. The van der Waals surface area contributed by atoms with Gasteiger partial charge in [0.2, 0.25) is 0 Å². The number of halogens is 2. The summed E-state index contributed by atoms with van der Waals surface area (Å²) in [6.07, 6.45) is 1.19. The fraction of sp³-hybridized carbons (Fsp3) is 0.333. The minimum absolute atomic E-state index is 0.00785. The number of H-pyrrole nitrogens is 1. The van der Waals surface area contributed by atoms with Crippen molar-refractivity contribution in [3.05, 3.63) is 57.6 Å². The molecular formula is C21H19Cl2N5O3. The van der Waals surface area contributed by atoms with Crippen LogP contribution in [0, 0.1) is 5.41 Å². The second-order valence-electron chi connectivity index (χ2n) is 8.31. The van der Waals surface area contributed by atoms with E-state index in [1.807, 2.05) is 11.0 Å². The van der Waals surface area contributed by atoms with Gasteiger partial charge < -0.3 is 15.0 Å². The highest BCUT2D eigenvalue weighted by Gasteiger charge is 2.54. The number of ether oxygens (including phenoxy) is 1. The first-order chi connectivity index (χ1) is 14.9. The van der Waals surface area contributed by atoms with Crippen molar-refractivity contribution >= 4 is 46.2 Å². The van der Waals surface area contributed by atoms with E-state index in [2.05, 4.69) is 20.7 Å². The number of aromatic nitrogens is 3. The maximum absolute atomic E-state index is 12.7. The molecule has 3 aromatic rings. The van der Waals surface area contributed by atoms with Gasteiger partial charge in [-0.15, -0.1) is 5.10 Å². The largest absolute Gasteiger partial charge is 0.445 e. The third-order valence-corrected chi connectivity index (χ3v) is 6.32. The van der Waals surface area contributed by atoms with Crippen LogP contribution in [0.1, 0.15) is 28.8 Å². The fourth-order valence-corrected chi connectivity index (χ4v) is 5.03. The molecule has 0 radical (unpaired) electrons. The lowest BCUT2D eigenvalue weighted by molar-refractivity contribution is -0.0604. The van der Waals surface area contributed by atoms with Gasteiger partial charge in [0.15, 0.2) is 0 Å². The molecule has 2 amide bonds. The zero-order valence-electron chi connectivity index (χ0n) is 16.4. The number of carbonyl (C=O) groups is 2. The molecule has 31 heavy (non-hydrogen) atoms. The lowest BCUT2D eigenvalue weighted by atomic mass is 9.60. The topological polar surface area (TPSA) is 100 Å². The maximum Gasteiger partial charge on any atom is 0.407 e. The number of alkyl carbamates (subject to hydrolysis) is 1. The first-order valence-corrected chi connectivity index (χ1v) is 10.6. The van der Waals surface area contributed by atoms with Gasteiger partial charge >= 0.3 is 6.09 Å². The number of nitrogens with one attached hydrogen (secondary N) is 2.